The van der Waals surface area contributed by atoms with Crippen LogP contribution in [0.2, 0.25) is 0 Å². The third kappa shape index (κ3) is 12.8. The molecule has 14 nitrogen and oxygen atoms in total. The average Bonchev–Trinajstić information content (AvgIpc) is 2.72. The molecule has 4 atom stereocenters. The van der Waals surface area contributed by atoms with E-state index in [1.54, 1.807) is 13.8 Å². The molecular formula is C19H35N7O7S. The number of nitrogens with one attached hydrogen (secondary N) is 3. The first-order valence-electron chi connectivity index (χ1n) is 10.6. The van der Waals surface area contributed by atoms with Crippen LogP contribution >= 0.6 is 12.6 Å². The number of carbonyl (C=O) groups excluding carboxylic acids is 3. The fourth-order valence-corrected chi connectivity index (χ4v) is 2.99. The molecule has 0 aromatic heterocycles. The molecule has 0 saturated heterocycles. The molecule has 0 radical (unpaired) electrons. The van der Waals surface area contributed by atoms with E-state index in [9.17, 15) is 24.0 Å². The van der Waals surface area contributed by atoms with Gasteiger partial charge in [-0.2, -0.15) is 12.6 Å². The second kappa shape index (κ2) is 15.7. The molecule has 0 fully saturated rings. The summed E-state index contributed by atoms with van der Waals surface area (Å²) in [5.74, 6) is -5.60. The predicted molar refractivity (Wildman–Crippen MR) is 127 cm³/mol. The van der Waals surface area contributed by atoms with Crippen molar-refractivity contribution in [2.45, 2.75) is 63.7 Å². The smallest absolute Gasteiger partial charge is 0.327 e. The molecule has 0 aliphatic carbocycles. The fraction of sp³-hybridized carbons (Fsp3) is 0.684. The Morgan fingerprint density at radius 1 is 0.912 bits per heavy atom. The van der Waals surface area contributed by atoms with Crippen molar-refractivity contribution in [1.82, 2.24) is 16.0 Å². The van der Waals surface area contributed by atoms with Crippen LogP contribution in [0.4, 0.5) is 0 Å². The van der Waals surface area contributed by atoms with Gasteiger partial charge < -0.3 is 43.4 Å². The van der Waals surface area contributed by atoms with Gasteiger partial charge in [0.15, 0.2) is 5.96 Å². The Hall–Kier alpha value is -3.07. The van der Waals surface area contributed by atoms with E-state index in [-0.39, 0.29) is 37.0 Å². The molecule has 0 aromatic carbocycles. The molecule has 3 amide bonds. The zero-order chi connectivity index (χ0) is 26.4. The summed E-state index contributed by atoms with van der Waals surface area (Å²) in [6.07, 6.45) is 0.0322. The minimum Gasteiger partial charge on any atom is -0.481 e. The van der Waals surface area contributed by atoms with E-state index in [0.29, 0.717) is 6.42 Å². The Labute approximate surface area is 202 Å². The summed E-state index contributed by atoms with van der Waals surface area (Å²) in [5.41, 5.74) is 16.3. The van der Waals surface area contributed by atoms with Crippen LogP contribution in [0, 0.1) is 5.92 Å². The lowest BCUT2D eigenvalue weighted by Crippen LogP contribution is -2.57. The molecule has 15 heteroatoms. The Kier molecular flexibility index (Phi) is 14.3. The molecule has 0 aliphatic heterocycles. The number of aliphatic carboxylic acids is 2. The summed E-state index contributed by atoms with van der Waals surface area (Å²) in [6.45, 7) is 3.87. The van der Waals surface area contributed by atoms with Gasteiger partial charge in [-0.1, -0.05) is 13.8 Å². The van der Waals surface area contributed by atoms with E-state index in [1.165, 1.54) is 0 Å². The van der Waals surface area contributed by atoms with Crippen molar-refractivity contribution in [2.24, 2.45) is 28.1 Å². The van der Waals surface area contributed by atoms with Gasteiger partial charge in [-0.25, -0.2) is 4.79 Å². The number of guanidine groups is 1. The van der Waals surface area contributed by atoms with Crippen LogP contribution in [0.1, 0.15) is 39.5 Å². The zero-order valence-electron chi connectivity index (χ0n) is 19.2. The molecule has 4 unspecified atom stereocenters. The molecule has 0 rings (SSSR count). The molecule has 11 N–H and O–H groups in total. The zero-order valence-corrected chi connectivity index (χ0v) is 20.1. The lowest BCUT2D eigenvalue weighted by molar-refractivity contribution is -0.143. The molecule has 0 spiro atoms. The number of thiol groups is 1. The first-order valence-corrected chi connectivity index (χ1v) is 11.2. The van der Waals surface area contributed by atoms with Crippen LogP contribution in [-0.4, -0.2) is 82.3 Å². The number of hydrogen-bond donors (Lipinski definition) is 9. The minimum atomic E-state index is -1.58. The predicted octanol–water partition coefficient (Wildman–Crippen LogP) is -2.64. The van der Waals surface area contributed by atoms with Crippen molar-refractivity contribution in [3.8, 4) is 0 Å². The number of carbonyl (C=O) groups is 5. The van der Waals surface area contributed by atoms with Gasteiger partial charge in [-0.15, -0.1) is 0 Å². The number of aliphatic imine (C=N–C) groups is 1. The molecular weight excluding hydrogens is 470 g/mol. The van der Waals surface area contributed by atoms with Crippen LogP contribution in [0.3, 0.4) is 0 Å². The Morgan fingerprint density at radius 2 is 1.44 bits per heavy atom. The second-order valence-corrected chi connectivity index (χ2v) is 8.35. The third-order valence-corrected chi connectivity index (χ3v) is 4.82. The van der Waals surface area contributed by atoms with Crippen molar-refractivity contribution < 1.29 is 34.2 Å². The molecule has 0 bridgehead atoms. The van der Waals surface area contributed by atoms with E-state index in [2.05, 4.69) is 33.6 Å². The van der Waals surface area contributed by atoms with Crippen molar-refractivity contribution >= 4 is 48.2 Å². The van der Waals surface area contributed by atoms with E-state index in [4.69, 9.17) is 27.4 Å². The van der Waals surface area contributed by atoms with Crippen LogP contribution in [-0.2, 0) is 24.0 Å². The maximum atomic E-state index is 12.8. The fourth-order valence-electron chi connectivity index (χ4n) is 2.75. The van der Waals surface area contributed by atoms with E-state index in [0.717, 1.165) is 0 Å². The number of nitrogens with two attached hydrogens (primary N) is 3. The molecule has 34 heavy (non-hydrogen) atoms. The van der Waals surface area contributed by atoms with Gasteiger partial charge in [0.25, 0.3) is 0 Å². The number of carboxylic acids is 2. The first-order chi connectivity index (χ1) is 15.8. The largest absolute Gasteiger partial charge is 0.481 e. The van der Waals surface area contributed by atoms with Crippen molar-refractivity contribution in [3.63, 3.8) is 0 Å². The normalized spacial score (nSPS) is 14.3. The molecule has 0 aromatic rings. The Bertz CT molecular complexity index is 759. The maximum Gasteiger partial charge on any atom is 0.327 e. The number of nitrogens with zero attached hydrogens (tertiary/aromatic N) is 1. The van der Waals surface area contributed by atoms with Crippen molar-refractivity contribution in [3.05, 3.63) is 0 Å². The van der Waals surface area contributed by atoms with Crippen LogP contribution in [0.25, 0.3) is 0 Å². The first kappa shape index (κ1) is 30.9. The second-order valence-electron chi connectivity index (χ2n) is 7.99. The molecule has 194 valence electrons. The highest BCUT2D eigenvalue weighted by Crippen LogP contribution is 2.08. The number of amides is 3. The topological polar surface area (TPSA) is 252 Å². The highest BCUT2D eigenvalue weighted by Gasteiger charge is 2.31. The highest BCUT2D eigenvalue weighted by molar-refractivity contribution is 7.80. The lowest BCUT2D eigenvalue weighted by atomic mass is 10.0. The Balaban J connectivity index is 5.33. The summed E-state index contributed by atoms with van der Waals surface area (Å²) in [7, 11) is 0. The van der Waals surface area contributed by atoms with Gasteiger partial charge in [-0.05, 0) is 25.2 Å². The Morgan fingerprint density at radius 3 is 1.91 bits per heavy atom. The van der Waals surface area contributed by atoms with E-state index >= 15 is 0 Å². The van der Waals surface area contributed by atoms with E-state index < -0.39 is 60.2 Å². The lowest BCUT2D eigenvalue weighted by Gasteiger charge is -2.25. The van der Waals surface area contributed by atoms with Crippen LogP contribution in [0.5, 0.6) is 0 Å². The van der Waals surface area contributed by atoms with Gasteiger partial charge in [0.05, 0.1) is 12.5 Å². The molecule has 0 aliphatic rings. The SMILES string of the molecule is CC(C)CC(NC(=O)C(N)CCCN=C(N)N)C(=O)NC(CC(=O)O)C(=O)NC(CS)C(=O)O. The third-order valence-electron chi connectivity index (χ3n) is 4.45. The van der Waals surface area contributed by atoms with Gasteiger partial charge in [0.1, 0.15) is 18.1 Å². The van der Waals surface area contributed by atoms with Gasteiger partial charge >= 0.3 is 11.9 Å². The van der Waals surface area contributed by atoms with Gasteiger partial charge in [0.2, 0.25) is 17.7 Å². The van der Waals surface area contributed by atoms with Crippen LogP contribution < -0.4 is 33.2 Å². The van der Waals surface area contributed by atoms with Gasteiger partial charge in [0, 0.05) is 12.3 Å². The number of carboxylic acid groups (broad SMARTS) is 2. The molecule has 0 saturated carbocycles. The summed E-state index contributed by atoms with van der Waals surface area (Å²) in [6, 6.07) is -5.03. The summed E-state index contributed by atoms with van der Waals surface area (Å²) in [4.78, 5) is 63.9. The molecule has 0 heterocycles. The minimum absolute atomic E-state index is 0.0542. The number of hydrogen-bond acceptors (Lipinski definition) is 8. The van der Waals surface area contributed by atoms with Crippen molar-refractivity contribution in [2.75, 3.05) is 12.3 Å². The summed E-state index contributed by atoms with van der Waals surface area (Å²) in [5, 5.41) is 25.1. The van der Waals surface area contributed by atoms with Crippen LogP contribution in [0.15, 0.2) is 4.99 Å². The van der Waals surface area contributed by atoms with Crippen molar-refractivity contribution in [1.29, 1.82) is 0 Å². The monoisotopic (exact) mass is 505 g/mol. The standard InChI is InChI=1S/C19H35N7O7S/c1-9(2)6-11(24-15(29)10(20)4-3-5-23-19(21)22)16(30)25-12(7-14(27)28)17(31)26-13(8-34)18(32)33/h9-13,34H,3-8,20H2,1-2H3,(H,24,29)(H,25,30)(H,26,31)(H,27,28)(H,32,33)(H4,21,22,23). The summed E-state index contributed by atoms with van der Waals surface area (Å²) < 4.78 is 0. The summed E-state index contributed by atoms with van der Waals surface area (Å²) >= 11 is 3.83. The quantitative estimate of drug-likeness (QED) is 0.0456. The average molecular weight is 506 g/mol. The highest BCUT2D eigenvalue weighted by atomic mass is 32.1. The van der Waals surface area contributed by atoms with E-state index in [1.807, 2.05) is 0 Å². The van der Waals surface area contributed by atoms with Gasteiger partial charge in [-0.3, -0.25) is 24.2 Å². The maximum absolute atomic E-state index is 12.8. The number of rotatable bonds is 16.